The highest BCUT2D eigenvalue weighted by atomic mass is 32.2. The number of aryl methyl sites for hydroxylation is 1. The van der Waals surface area contributed by atoms with E-state index in [-0.39, 0.29) is 5.91 Å². The first-order chi connectivity index (χ1) is 10.8. The highest BCUT2D eigenvalue weighted by Crippen LogP contribution is 2.40. The zero-order valence-electron chi connectivity index (χ0n) is 13.1. The summed E-state index contributed by atoms with van der Waals surface area (Å²) in [7, 11) is -2.93. The van der Waals surface area contributed by atoms with Gasteiger partial charge in [0.05, 0.1) is 27.3 Å². The molecule has 1 saturated carbocycles. The number of amides is 1. The van der Waals surface area contributed by atoms with E-state index in [1.54, 1.807) is 23.0 Å². The average molecular weight is 333 g/mol. The van der Waals surface area contributed by atoms with Crippen LogP contribution in [0.5, 0.6) is 0 Å². The van der Waals surface area contributed by atoms with Gasteiger partial charge in [-0.1, -0.05) is 5.21 Å². The van der Waals surface area contributed by atoms with Crippen LogP contribution in [-0.4, -0.2) is 36.1 Å². The van der Waals surface area contributed by atoms with Crippen LogP contribution in [0.25, 0.3) is 5.69 Å². The molecule has 0 bridgehead atoms. The average Bonchev–Trinajstić information content (AvgIpc) is 2.82. The third kappa shape index (κ3) is 2.63. The van der Waals surface area contributed by atoms with Crippen LogP contribution >= 0.6 is 0 Å². The van der Waals surface area contributed by atoms with Crippen molar-refractivity contribution in [3.05, 3.63) is 36.2 Å². The van der Waals surface area contributed by atoms with Crippen LogP contribution < -0.4 is 5.32 Å². The van der Waals surface area contributed by atoms with Gasteiger partial charge in [0.1, 0.15) is 4.75 Å². The van der Waals surface area contributed by atoms with Crippen LogP contribution in [0.15, 0.2) is 30.5 Å². The second kappa shape index (κ2) is 5.45. The van der Waals surface area contributed by atoms with Gasteiger partial charge in [-0.3, -0.25) is 9.57 Å². The highest BCUT2D eigenvalue weighted by molar-refractivity contribution is 7.94. The molecule has 3 rings (SSSR count). The van der Waals surface area contributed by atoms with Crippen LogP contribution in [0.2, 0.25) is 0 Å². The Hall–Kier alpha value is -2.22. The van der Waals surface area contributed by atoms with Crippen molar-refractivity contribution in [3.8, 4) is 5.69 Å². The molecular formula is C15H19N5O2S. The monoisotopic (exact) mass is 333 g/mol. The molecule has 7 nitrogen and oxygen atoms in total. The van der Waals surface area contributed by atoms with Gasteiger partial charge in [0.2, 0.25) is 5.91 Å². The van der Waals surface area contributed by atoms with E-state index in [0.29, 0.717) is 18.5 Å². The van der Waals surface area contributed by atoms with Crippen molar-refractivity contribution in [2.45, 2.75) is 30.9 Å². The zero-order valence-corrected chi connectivity index (χ0v) is 13.9. The van der Waals surface area contributed by atoms with Crippen LogP contribution in [0.3, 0.4) is 0 Å². The lowest BCUT2D eigenvalue weighted by Crippen LogP contribution is -2.53. The fourth-order valence-electron chi connectivity index (χ4n) is 2.76. The summed E-state index contributed by atoms with van der Waals surface area (Å²) in [6.45, 7) is 1.90. The molecule has 2 N–H and O–H groups in total. The Morgan fingerprint density at radius 2 is 2.00 bits per heavy atom. The summed E-state index contributed by atoms with van der Waals surface area (Å²) in [4.78, 5) is 12.5. The number of benzene rings is 1. The van der Waals surface area contributed by atoms with E-state index in [9.17, 15) is 9.00 Å². The molecule has 2 aromatic rings. The summed E-state index contributed by atoms with van der Waals surface area (Å²) < 4.78 is 20.6. The molecule has 8 heteroatoms. The van der Waals surface area contributed by atoms with E-state index in [2.05, 4.69) is 15.6 Å². The number of carbonyl (C=O) groups is 1. The molecule has 1 aromatic carbocycles. The first-order valence-electron chi connectivity index (χ1n) is 7.36. The molecule has 122 valence electrons. The molecule has 1 fully saturated rings. The molecule has 1 aliphatic carbocycles. The quantitative estimate of drug-likeness (QED) is 0.895. The molecule has 1 atom stereocenters. The van der Waals surface area contributed by atoms with Gasteiger partial charge in [0.25, 0.3) is 0 Å². The topological polar surface area (TPSA) is 101 Å². The highest BCUT2D eigenvalue weighted by Gasteiger charge is 2.50. The Morgan fingerprint density at radius 1 is 1.35 bits per heavy atom. The maximum atomic E-state index is 12.5. The number of carbonyl (C=O) groups excluding carboxylic acids is 1. The van der Waals surface area contributed by atoms with Crippen LogP contribution in [0, 0.1) is 11.7 Å². The second-order valence-corrected chi connectivity index (χ2v) is 8.45. The number of hydrogen-bond acceptors (Lipinski definition) is 5. The molecule has 0 spiro atoms. The summed E-state index contributed by atoms with van der Waals surface area (Å²) in [6.07, 6.45) is 4.87. The molecule has 1 aromatic heterocycles. The number of anilines is 1. The van der Waals surface area contributed by atoms with Gasteiger partial charge in [-0.25, -0.2) is 8.89 Å². The molecule has 1 heterocycles. The third-order valence-electron chi connectivity index (χ3n) is 4.41. The van der Waals surface area contributed by atoms with E-state index < -0.39 is 14.5 Å². The summed E-state index contributed by atoms with van der Waals surface area (Å²) in [6, 6.07) is 7.19. The Kier molecular flexibility index (Phi) is 3.71. The largest absolute Gasteiger partial charge is 0.325 e. The zero-order chi connectivity index (χ0) is 16.7. The van der Waals surface area contributed by atoms with Crippen molar-refractivity contribution in [2.24, 2.45) is 0 Å². The van der Waals surface area contributed by atoms with Crippen molar-refractivity contribution in [1.82, 2.24) is 15.0 Å². The first-order valence-corrected chi connectivity index (χ1v) is 9.33. The van der Waals surface area contributed by atoms with E-state index in [1.165, 1.54) is 6.26 Å². The molecular weight excluding hydrogens is 314 g/mol. The van der Waals surface area contributed by atoms with Crippen molar-refractivity contribution < 1.29 is 9.00 Å². The van der Waals surface area contributed by atoms with Crippen molar-refractivity contribution >= 4 is 21.3 Å². The number of aromatic nitrogens is 3. The maximum absolute atomic E-state index is 12.5. The van der Waals surface area contributed by atoms with E-state index >= 15 is 0 Å². The predicted octanol–water partition coefficient (Wildman–Crippen LogP) is 2.11. The Balaban J connectivity index is 1.79. The minimum atomic E-state index is -2.93. The molecule has 1 aliphatic rings. The third-order valence-corrected chi connectivity index (χ3v) is 6.50. The van der Waals surface area contributed by atoms with Crippen molar-refractivity contribution in [3.63, 3.8) is 0 Å². The standard InChI is InChI=1S/C15H19N5O2S/c1-11-10-17-19-20(11)13-6-4-12(5-7-13)18-14(21)15(8-3-9-15)23(2,16)22/h4-7,10,16H,3,8-9H2,1-2H3,(H,18,21). The van der Waals surface area contributed by atoms with Crippen LogP contribution in [0.4, 0.5) is 5.69 Å². The summed E-state index contributed by atoms with van der Waals surface area (Å²) in [5.41, 5.74) is 2.37. The van der Waals surface area contributed by atoms with Gasteiger partial charge in [-0.05, 0) is 50.5 Å². The number of rotatable bonds is 4. The molecule has 23 heavy (non-hydrogen) atoms. The molecule has 0 saturated heterocycles. The maximum Gasteiger partial charge on any atom is 0.244 e. The van der Waals surface area contributed by atoms with Crippen LogP contribution in [0.1, 0.15) is 25.0 Å². The van der Waals surface area contributed by atoms with Gasteiger partial charge in [-0.15, -0.1) is 5.10 Å². The van der Waals surface area contributed by atoms with E-state index in [1.807, 2.05) is 19.1 Å². The van der Waals surface area contributed by atoms with Gasteiger partial charge in [0, 0.05) is 11.9 Å². The van der Waals surface area contributed by atoms with E-state index in [0.717, 1.165) is 17.8 Å². The molecule has 1 unspecified atom stereocenters. The van der Waals surface area contributed by atoms with Gasteiger partial charge >= 0.3 is 0 Å². The lowest BCUT2D eigenvalue weighted by atomic mass is 9.83. The van der Waals surface area contributed by atoms with Crippen molar-refractivity contribution in [1.29, 1.82) is 4.78 Å². The van der Waals surface area contributed by atoms with Gasteiger partial charge in [0.15, 0.2) is 0 Å². The molecule has 0 radical (unpaired) electrons. The summed E-state index contributed by atoms with van der Waals surface area (Å²) in [5.74, 6) is -0.323. The minimum absolute atomic E-state index is 0.323. The number of nitrogens with one attached hydrogen (secondary N) is 2. The fraction of sp³-hybridized carbons (Fsp3) is 0.400. The Labute approximate surface area is 135 Å². The molecule has 1 amide bonds. The number of nitrogens with zero attached hydrogens (tertiary/aromatic N) is 3. The minimum Gasteiger partial charge on any atom is -0.325 e. The lowest BCUT2D eigenvalue weighted by Gasteiger charge is -2.39. The lowest BCUT2D eigenvalue weighted by molar-refractivity contribution is -0.120. The Morgan fingerprint density at radius 3 is 2.43 bits per heavy atom. The normalized spacial score (nSPS) is 18.7. The van der Waals surface area contributed by atoms with Crippen molar-refractivity contribution in [2.75, 3.05) is 11.6 Å². The van der Waals surface area contributed by atoms with Gasteiger partial charge in [-0.2, -0.15) is 0 Å². The summed E-state index contributed by atoms with van der Waals surface area (Å²) in [5, 5.41) is 10.6. The first kappa shape index (κ1) is 15.7. The van der Waals surface area contributed by atoms with Gasteiger partial charge < -0.3 is 5.32 Å². The smallest absolute Gasteiger partial charge is 0.244 e. The second-order valence-electron chi connectivity index (χ2n) is 5.98. The fourth-order valence-corrected chi connectivity index (χ4v) is 4.24. The molecule has 0 aliphatic heterocycles. The van der Waals surface area contributed by atoms with E-state index in [4.69, 9.17) is 4.78 Å². The predicted molar refractivity (Wildman–Crippen MR) is 88.1 cm³/mol. The SMILES string of the molecule is Cc1cnnn1-c1ccc(NC(=O)C2(S(C)(=N)=O)CCC2)cc1. The number of hydrogen-bond donors (Lipinski definition) is 2. The Bertz CT molecular complexity index is 835. The van der Waals surface area contributed by atoms with Crippen LogP contribution in [-0.2, 0) is 14.5 Å². The summed E-state index contributed by atoms with van der Waals surface area (Å²) >= 11 is 0.